The SMILES string of the molecule is Cc1cccc(-c2nccc3[nH]c(-c4n[nH]c5ccc(-c6cncc(OCCN(C)C)c6)nc45)nc23)c1. The fraction of sp³-hybridized carbons (Fsp3) is 0.179. The number of ether oxygens (including phenoxy) is 1. The Kier molecular flexibility index (Phi) is 5.82. The van der Waals surface area contributed by atoms with Gasteiger partial charge in [0, 0.05) is 30.1 Å². The maximum Gasteiger partial charge on any atom is 0.161 e. The van der Waals surface area contributed by atoms with Crippen molar-refractivity contribution in [3.05, 3.63) is 72.7 Å². The third-order valence-electron chi connectivity index (χ3n) is 6.14. The summed E-state index contributed by atoms with van der Waals surface area (Å²) in [7, 11) is 4.03. The number of aryl methyl sites for hydroxylation is 1. The summed E-state index contributed by atoms with van der Waals surface area (Å²) in [5.41, 5.74) is 8.54. The van der Waals surface area contributed by atoms with Gasteiger partial charge in [-0.15, -0.1) is 0 Å². The van der Waals surface area contributed by atoms with Crippen molar-refractivity contribution in [3.8, 4) is 39.8 Å². The van der Waals surface area contributed by atoms with E-state index >= 15 is 0 Å². The van der Waals surface area contributed by atoms with Crippen LogP contribution in [0.1, 0.15) is 5.56 Å². The summed E-state index contributed by atoms with van der Waals surface area (Å²) in [4.78, 5) is 24.3. The molecule has 184 valence electrons. The van der Waals surface area contributed by atoms with E-state index in [0.29, 0.717) is 23.9 Å². The van der Waals surface area contributed by atoms with Gasteiger partial charge in [0.25, 0.3) is 0 Å². The Balaban J connectivity index is 1.38. The Morgan fingerprint density at radius 1 is 0.892 bits per heavy atom. The zero-order valence-corrected chi connectivity index (χ0v) is 20.9. The second kappa shape index (κ2) is 9.44. The summed E-state index contributed by atoms with van der Waals surface area (Å²) < 4.78 is 5.86. The van der Waals surface area contributed by atoms with Crippen LogP contribution in [-0.2, 0) is 0 Å². The van der Waals surface area contributed by atoms with Crippen LogP contribution in [0.2, 0.25) is 0 Å². The Labute approximate surface area is 213 Å². The second-order valence-electron chi connectivity index (χ2n) is 9.24. The molecule has 9 heteroatoms. The lowest BCUT2D eigenvalue weighted by Crippen LogP contribution is -2.19. The minimum absolute atomic E-state index is 0.585. The van der Waals surface area contributed by atoms with Gasteiger partial charge in [-0.25, -0.2) is 9.97 Å². The number of imidazole rings is 1. The topological polar surface area (TPSA) is 108 Å². The molecule has 1 aromatic carbocycles. The number of nitrogens with one attached hydrogen (secondary N) is 2. The smallest absolute Gasteiger partial charge is 0.161 e. The number of likely N-dealkylation sites (N-methyl/N-ethyl adjacent to an activating group) is 1. The Bertz CT molecular complexity index is 1720. The van der Waals surface area contributed by atoms with E-state index < -0.39 is 0 Å². The van der Waals surface area contributed by atoms with Crippen molar-refractivity contribution < 1.29 is 4.74 Å². The lowest BCUT2D eigenvalue weighted by molar-refractivity contribution is 0.261. The highest BCUT2D eigenvalue weighted by atomic mass is 16.5. The molecule has 0 saturated heterocycles. The molecule has 37 heavy (non-hydrogen) atoms. The van der Waals surface area contributed by atoms with Crippen LogP contribution in [0.25, 0.3) is 56.1 Å². The molecule has 0 aliphatic carbocycles. The third-order valence-corrected chi connectivity index (χ3v) is 6.14. The first kappa shape index (κ1) is 22.8. The molecular formula is C28H26N8O. The summed E-state index contributed by atoms with van der Waals surface area (Å²) in [6, 6.07) is 16.1. The number of fused-ring (bicyclic) bond motifs is 2. The molecule has 0 radical (unpaired) electrons. The fourth-order valence-electron chi connectivity index (χ4n) is 4.26. The van der Waals surface area contributed by atoms with E-state index in [1.807, 2.05) is 50.5 Å². The van der Waals surface area contributed by atoms with Gasteiger partial charge in [0.2, 0.25) is 0 Å². The lowest BCUT2D eigenvalue weighted by atomic mass is 10.1. The van der Waals surface area contributed by atoms with Gasteiger partial charge in [-0.05, 0) is 51.4 Å². The molecule has 0 aliphatic heterocycles. The van der Waals surface area contributed by atoms with Crippen LogP contribution in [0, 0.1) is 6.92 Å². The lowest BCUT2D eigenvalue weighted by Gasteiger charge is -2.11. The van der Waals surface area contributed by atoms with Crippen molar-refractivity contribution in [3.63, 3.8) is 0 Å². The van der Waals surface area contributed by atoms with Gasteiger partial charge in [0.1, 0.15) is 23.4 Å². The Hall–Kier alpha value is -4.63. The average Bonchev–Trinajstić information content (AvgIpc) is 3.52. The maximum absolute atomic E-state index is 5.86. The number of aromatic amines is 2. The second-order valence-corrected chi connectivity index (χ2v) is 9.24. The van der Waals surface area contributed by atoms with Crippen LogP contribution in [0.15, 0.2) is 67.1 Å². The van der Waals surface area contributed by atoms with Crippen molar-refractivity contribution in [1.82, 2.24) is 40.0 Å². The quantitative estimate of drug-likeness (QED) is 0.328. The number of aromatic nitrogens is 7. The number of nitrogens with zero attached hydrogens (tertiary/aromatic N) is 6. The third kappa shape index (κ3) is 4.52. The number of hydrogen-bond donors (Lipinski definition) is 2. The first-order valence-corrected chi connectivity index (χ1v) is 12.1. The van der Waals surface area contributed by atoms with Crippen LogP contribution in [0.5, 0.6) is 5.75 Å². The molecule has 0 bridgehead atoms. The number of rotatable bonds is 7. The van der Waals surface area contributed by atoms with Crippen LogP contribution >= 0.6 is 0 Å². The van der Waals surface area contributed by atoms with Gasteiger partial charge >= 0.3 is 0 Å². The van der Waals surface area contributed by atoms with Crippen molar-refractivity contribution in [2.75, 3.05) is 27.2 Å². The average molecular weight is 491 g/mol. The molecule has 0 unspecified atom stereocenters. The van der Waals surface area contributed by atoms with Gasteiger partial charge < -0.3 is 14.6 Å². The normalized spacial score (nSPS) is 11.6. The van der Waals surface area contributed by atoms with Crippen molar-refractivity contribution >= 4 is 22.1 Å². The molecule has 6 aromatic rings. The van der Waals surface area contributed by atoms with E-state index in [2.05, 4.69) is 49.1 Å². The number of H-pyrrole nitrogens is 2. The van der Waals surface area contributed by atoms with E-state index in [9.17, 15) is 0 Å². The predicted octanol–water partition coefficient (Wildman–Crippen LogP) is 4.87. The molecule has 6 rings (SSSR count). The highest BCUT2D eigenvalue weighted by molar-refractivity contribution is 5.95. The fourth-order valence-corrected chi connectivity index (χ4v) is 4.26. The summed E-state index contributed by atoms with van der Waals surface area (Å²) >= 11 is 0. The summed E-state index contributed by atoms with van der Waals surface area (Å²) in [6.45, 7) is 3.48. The molecule has 0 atom stereocenters. The largest absolute Gasteiger partial charge is 0.491 e. The summed E-state index contributed by atoms with van der Waals surface area (Å²) in [5, 5.41) is 7.62. The molecule has 9 nitrogen and oxygen atoms in total. The van der Waals surface area contributed by atoms with E-state index in [1.54, 1.807) is 18.6 Å². The van der Waals surface area contributed by atoms with E-state index in [0.717, 1.165) is 51.1 Å². The van der Waals surface area contributed by atoms with E-state index in [-0.39, 0.29) is 0 Å². The molecule has 5 aromatic heterocycles. The molecule has 5 heterocycles. The summed E-state index contributed by atoms with van der Waals surface area (Å²) in [5.74, 6) is 1.34. The van der Waals surface area contributed by atoms with Gasteiger partial charge in [-0.3, -0.25) is 15.1 Å². The highest BCUT2D eigenvalue weighted by Crippen LogP contribution is 2.31. The zero-order valence-electron chi connectivity index (χ0n) is 20.9. The molecule has 0 spiro atoms. The van der Waals surface area contributed by atoms with Crippen molar-refractivity contribution in [2.45, 2.75) is 6.92 Å². The molecule has 2 N–H and O–H groups in total. The minimum Gasteiger partial charge on any atom is -0.491 e. The number of hydrogen-bond acceptors (Lipinski definition) is 7. The van der Waals surface area contributed by atoms with Crippen LogP contribution in [0.3, 0.4) is 0 Å². The molecule has 0 aliphatic rings. The summed E-state index contributed by atoms with van der Waals surface area (Å²) in [6.07, 6.45) is 5.30. The predicted molar refractivity (Wildman–Crippen MR) is 144 cm³/mol. The van der Waals surface area contributed by atoms with Gasteiger partial charge in [-0.1, -0.05) is 23.8 Å². The van der Waals surface area contributed by atoms with Gasteiger partial charge in [0.15, 0.2) is 11.5 Å². The first-order valence-electron chi connectivity index (χ1n) is 12.1. The van der Waals surface area contributed by atoms with Crippen molar-refractivity contribution in [1.29, 1.82) is 0 Å². The maximum atomic E-state index is 5.86. The van der Waals surface area contributed by atoms with Crippen LogP contribution in [0.4, 0.5) is 0 Å². The highest BCUT2D eigenvalue weighted by Gasteiger charge is 2.17. The van der Waals surface area contributed by atoms with E-state index in [1.165, 1.54) is 5.56 Å². The zero-order chi connectivity index (χ0) is 25.4. The van der Waals surface area contributed by atoms with Crippen LogP contribution < -0.4 is 4.74 Å². The number of benzene rings is 1. The van der Waals surface area contributed by atoms with Gasteiger partial charge in [-0.2, -0.15) is 5.10 Å². The van der Waals surface area contributed by atoms with Crippen molar-refractivity contribution in [2.24, 2.45) is 0 Å². The molecule has 0 saturated carbocycles. The van der Waals surface area contributed by atoms with E-state index in [4.69, 9.17) is 14.7 Å². The minimum atomic E-state index is 0.585. The standard InChI is InChI=1S/C28H26N8O/c1-17-5-4-6-18(13-17)24-25-22(9-10-30-24)32-28(33-25)27-26-23(34-35-27)8-7-21(31-26)19-14-20(16-29-15-19)37-12-11-36(2)3/h4-10,13-16H,11-12H2,1-3H3,(H,32,33)(H,34,35). The number of pyridine rings is 3. The Morgan fingerprint density at radius 3 is 2.65 bits per heavy atom. The monoisotopic (exact) mass is 490 g/mol. The van der Waals surface area contributed by atoms with Gasteiger partial charge in [0.05, 0.1) is 28.6 Å². The van der Waals surface area contributed by atoms with Crippen LogP contribution in [-0.4, -0.2) is 67.3 Å². The molecule has 0 amide bonds. The molecular weight excluding hydrogens is 464 g/mol. The first-order chi connectivity index (χ1) is 18.0. The Morgan fingerprint density at radius 2 is 1.78 bits per heavy atom. The molecule has 0 fully saturated rings.